The Balaban J connectivity index is -0.0000000854. The van der Waals surface area contributed by atoms with Gasteiger partial charge >= 0.3 is 0 Å². The first-order valence-electron chi connectivity index (χ1n) is 6.29. The third-order valence-electron chi connectivity index (χ3n) is 0.810. The van der Waals surface area contributed by atoms with Crippen LogP contribution in [0.2, 0.25) is 0 Å². The second-order valence-electron chi connectivity index (χ2n) is 1.83. The van der Waals surface area contributed by atoms with Crippen molar-refractivity contribution in [3.63, 3.8) is 0 Å². The lowest BCUT2D eigenvalue weighted by molar-refractivity contribution is 0.0254. The molecule has 19 heavy (non-hydrogen) atoms. The Bertz CT molecular complexity index is 173. The number of nitrogens with zero attached hydrogens (tertiary/aromatic N) is 3. The molecule has 0 bridgehead atoms. The molecule has 0 saturated carbocycles. The maximum absolute atomic E-state index is 8.48. The van der Waals surface area contributed by atoms with Crippen LogP contribution in [0.15, 0.2) is 0 Å². The van der Waals surface area contributed by atoms with Crippen molar-refractivity contribution in [2.75, 3.05) is 20.3 Å². The van der Waals surface area contributed by atoms with E-state index in [9.17, 15) is 0 Å². The highest BCUT2D eigenvalue weighted by molar-refractivity contribution is 7.43. The lowest BCUT2D eigenvalue weighted by Gasteiger charge is -2.01. The Morgan fingerprint density at radius 3 is 1.32 bits per heavy atom. The summed E-state index contributed by atoms with van der Waals surface area (Å²) < 4.78 is 15.8. The van der Waals surface area contributed by atoms with Crippen LogP contribution in [-0.2, 0) is 4.74 Å². The molecular formula is C10H28N3O3P3. The fourth-order valence-corrected chi connectivity index (χ4v) is 2.18. The largest absolute Gasteiger partial charge is 0.394 e. The summed E-state index contributed by atoms with van der Waals surface area (Å²) in [5.41, 5.74) is 0. The Hall–Kier alpha value is 0.180. The van der Waals surface area contributed by atoms with Crippen molar-refractivity contribution in [2.24, 2.45) is 0 Å². The van der Waals surface area contributed by atoms with Crippen LogP contribution in [0.1, 0.15) is 41.5 Å². The summed E-state index contributed by atoms with van der Waals surface area (Å²) >= 11 is 0. The van der Waals surface area contributed by atoms with E-state index in [1.54, 1.807) is 0 Å². The van der Waals surface area contributed by atoms with Gasteiger partial charge in [0.25, 0.3) is 0 Å². The molecule has 0 fully saturated rings. The molecule has 0 aromatic carbocycles. The van der Waals surface area contributed by atoms with Crippen molar-refractivity contribution >= 4 is 25.5 Å². The third kappa shape index (κ3) is 38.1. The summed E-state index contributed by atoms with van der Waals surface area (Å²) in [6.45, 7) is 12.0. The van der Waals surface area contributed by atoms with E-state index in [0.29, 0.717) is 0 Å². The van der Waals surface area contributed by atoms with Gasteiger partial charge in [0.05, 0.1) is 13.2 Å². The molecule has 9 heteroatoms. The highest BCUT2D eigenvalue weighted by Gasteiger charge is 1.96. The highest BCUT2D eigenvalue weighted by atomic mass is 31.1. The fraction of sp³-hybridized carbons (Fsp3) is 1.00. The number of hydrogen-bond acceptors (Lipinski definition) is 6. The molecule has 1 rings (SSSR count). The maximum atomic E-state index is 8.48. The molecule has 1 unspecified atom stereocenters. The number of rotatable bonds is 3. The van der Waals surface area contributed by atoms with Gasteiger partial charge in [0.2, 0.25) is 0 Å². The summed E-state index contributed by atoms with van der Waals surface area (Å²) in [4.78, 5) is 0. The minimum absolute atomic E-state index is 0.205. The molecule has 0 spiro atoms. The van der Waals surface area contributed by atoms with E-state index in [1.165, 1.54) is 7.11 Å². The van der Waals surface area contributed by atoms with Gasteiger partial charge in [-0.05, 0) is 0 Å². The molecule has 1 atom stereocenters. The first-order valence-corrected chi connectivity index (χ1v) is 8.69. The van der Waals surface area contributed by atoms with Gasteiger partial charge in [0.15, 0.2) is 25.5 Å². The molecule has 0 aliphatic carbocycles. The van der Waals surface area contributed by atoms with Crippen LogP contribution in [0.3, 0.4) is 0 Å². The van der Waals surface area contributed by atoms with Gasteiger partial charge in [0.1, 0.15) is 6.10 Å². The SMILES string of the molecule is CC.CC.CC.COCC(O)CO.n1pnpnp1. The van der Waals surface area contributed by atoms with E-state index < -0.39 is 6.10 Å². The Morgan fingerprint density at radius 2 is 1.21 bits per heavy atom. The van der Waals surface area contributed by atoms with E-state index >= 15 is 0 Å². The number of aromatic nitrogens is 3. The topological polar surface area (TPSA) is 88.4 Å². The predicted octanol–water partition coefficient (Wildman–Crippen LogP) is 3.68. The number of methoxy groups -OCH3 is 1. The van der Waals surface area contributed by atoms with Gasteiger partial charge in [-0.25, -0.2) is 0 Å². The third-order valence-corrected chi connectivity index (χ3v) is 2.73. The quantitative estimate of drug-likeness (QED) is 0.878. The number of ether oxygens (including phenoxy) is 1. The summed E-state index contributed by atoms with van der Waals surface area (Å²) in [6.07, 6.45) is -0.718. The number of aliphatic hydroxyl groups is 2. The molecule has 1 aromatic heterocycles. The molecule has 1 aromatic rings. The van der Waals surface area contributed by atoms with Gasteiger partial charge in [0, 0.05) is 7.11 Å². The summed E-state index contributed by atoms with van der Waals surface area (Å²) in [7, 11) is 3.96. The summed E-state index contributed by atoms with van der Waals surface area (Å²) in [5, 5.41) is 16.6. The molecule has 6 nitrogen and oxygen atoms in total. The minimum Gasteiger partial charge on any atom is -0.394 e. The smallest absolute Gasteiger partial charge is 0.166 e. The van der Waals surface area contributed by atoms with Gasteiger partial charge in [-0.3, -0.25) is 0 Å². The van der Waals surface area contributed by atoms with Crippen LogP contribution in [0.25, 0.3) is 0 Å². The van der Waals surface area contributed by atoms with Crippen molar-refractivity contribution < 1.29 is 14.9 Å². The zero-order valence-corrected chi connectivity index (χ0v) is 15.7. The lowest BCUT2D eigenvalue weighted by atomic mass is 10.4. The molecular weight excluding hydrogens is 303 g/mol. The van der Waals surface area contributed by atoms with Gasteiger partial charge in [-0.15, -0.1) is 0 Å². The van der Waals surface area contributed by atoms with Crippen LogP contribution in [0.5, 0.6) is 0 Å². The monoisotopic (exact) mass is 331 g/mol. The molecule has 116 valence electrons. The maximum Gasteiger partial charge on any atom is 0.166 e. The van der Waals surface area contributed by atoms with Crippen molar-refractivity contribution in [1.82, 2.24) is 13.5 Å². The summed E-state index contributed by atoms with van der Waals surface area (Å²) in [6, 6.07) is 0. The minimum atomic E-state index is -0.718. The molecule has 0 saturated heterocycles. The van der Waals surface area contributed by atoms with Crippen molar-refractivity contribution in [1.29, 1.82) is 0 Å². The molecule has 0 aliphatic heterocycles. The van der Waals surface area contributed by atoms with E-state index in [0.717, 1.165) is 25.5 Å². The second kappa shape index (κ2) is 36.2. The average Bonchev–Trinajstić information content (AvgIpc) is 2.55. The fourth-order valence-electron chi connectivity index (χ4n) is 0.352. The summed E-state index contributed by atoms with van der Waals surface area (Å²) in [5.74, 6) is 0. The van der Waals surface area contributed by atoms with Gasteiger partial charge in [-0.1, -0.05) is 41.5 Å². The van der Waals surface area contributed by atoms with Crippen molar-refractivity contribution in [3.8, 4) is 0 Å². The Kier molecular flexibility index (Phi) is 52.4. The van der Waals surface area contributed by atoms with Gasteiger partial charge in [-0.2, -0.15) is 13.5 Å². The van der Waals surface area contributed by atoms with Crippen LogP contribution in [0, 0.1) is 0 Å². The standard InChI is InChI=1S/C4H10O3.3C2H6.N3P3/c1-7-3-4(6)2-5;3*1-2;1-4-2-6-3-5-1/h4-6H,2-3H2,1H3;3*1-2H3;. The molecule has 0 amide bonds. The van der Waals surface area contributed by atoms with E-state index in [1.807, 2.05) is 41.5 Å². The molecule has 1 heterocycles. The second-order valence-corrected chi connectivity index (χ2v) is 4.51. The molecule has 0 aliphatic rings. The van der Waals surface area contributed by atoms with Crippen LogP contribution >= 0.6 is 25.5 Å². The van der Waals surface area contributed by atoms with Crippen molar-refractivity contribution in [2.45, 2.75) is 47.6 Å². The van der Waals surface area contributed by atoms with Crippen molar-refractivity contribution in [3.05, 3.63) is 0 Å². The van der Waals surface area contributed by atoms with Crippen LogP contribution in [0.4, 0.5) is 0 Å². The average molecular weight is 331 g/mol. The number of aliphatic hydroxyl groups excluding tert-OH is 2. The predicted molar refractivity (Wildman–Crippen MR) is 86.4 cm³/mol. The zero-order valence-electron chi connectivity index (χ0n) is 13.0. The first-order chi connectivity index (χ1) is 9.31. The lowest BCUT2D eigenvalue weighted by Crippen LogP contribution is -2.17. The number of hydrogen-bond donors (Lipinski definition) is 2. The zero-order chi connectivity index (χ0) is 15.9. The molecule has 2 N–H and O–H groups in total. The van der Waals surface area contributed by atoms with Gasteiger partial charge < -0.3 is 14.9 Å². The highest BCUT2D eigenvalue weighted by Crippen LogP contribution is 2.01. The van der Waals surface area contributed by atoms with E-state index in [2.05, 4.69) is 18.3 Å². The first kappa shape index (κ1) is 27.5. The van der Waals surface area contributed by atoms with E-state index in [-0.39, 0.29) is 13.2 Å². The Labute approximate surface area is 122 Å². The Morgan fingerprint density at radius 1 is 0.895 bits per heavy atom. The normalized spacial score (nSPS) is 9.95. The molecule has 0 radical (unpaired) electrons. The van der Waals surface area contributed by atoms with Crippen LogP contribution < -0.4 is 0 Å². The van der Waals surface area contributed by atoms with Crippen LogP contribution in [-0.4, -0.2) is 50.2 Å². The van der Waals surface area contributed by atoms with E-state index in [4.69, 9.17) is 10.2 Å².